The summed E-state index contributed by atoms with van der Waals surface area (Å²) < 4.78 is 0. The second-order valence-corrected chi connectivity index (χ2v) is 2.08. The van der Waals surface area contributed by atoms with Crippen LogP contribution in [0.4, 0.5) is 0 Å². The first-order chi connectivity index (χ1) is 4.22. The first kappa shape index (κ1) is 8.28. The summed E-state index contributed by atoms with van der Waals surface area (Å²) in [4.78, 5) is 0. The molecule has 0 aromatic carbocycles. The highest BCUT2D eigenvalue weighted by atomic mass is 14.8. The van der Waals surface area contributed by atoms with Crippen molar-refractivity contribution in [1.29, 1.82) is 0 Å². The van der Waals surface area contributed by atoms with E-state index in [2.05, 4.69) is 25.4 Å². The van der Waals surface area contributed by atoms with Crippen LogP contribution in [0.1, 0.15) is 19.8 Å². The van der Waals surface area contributed by atoms with Gasteiger partial charge in [0, 0.05) is 12.7 Å². The van der Waals surface area contributed by atoms with Gasteiger partial charge in [-0.3, -0.25) is 0 Å². The first-order valence-electron chi connectivity index (χ1n) is 3.27. The van der Waals surface area contributed by atoms with Gasteiger partial charge < -0.3 is 5.32 Å². The third-order valence-corrected chi connectivity index (χ3v) is 1.28. The smallest absolute Gasteiger partial charge is 0.0291 e. The van der Waals surface area contributed by atoms with Crippen LogP contribution in [0.25, 0.3) is 0 Å². The van der Waals surface area contributed by atoms with E-state index in [1.54, 1.807) is 0 Å². The highest BCUT2D eigenvalue weighted by Gasteiger charge is 1.93. The summed E-state index contributed by atoms with van der Waals surface area (Å²) in [5.41, 5.74) is 2.07. The van der Waals surface area contributed by atoms with Crippen LogP contribution in [-0.4, -0.2) is 7.05 Å². The Morgan fingerprint density at radius 3 is 2.33 bits per heavy atom. The summed E-state index contributed by atoms with van der Waals surface area (Å²) in [6, 6.07) is 0. The van der Waals surface area contributed by atoms with Crippen LogP contribution < -0.4 is 5.32 Å². The van der Waals surface area contributed by atoms with Crippen LogP contribution in [0, 0.1) is 0 Å². The van der Waals surface area contributed by atoms with Crippen LogP contribution >= 0.6 is 0 Å². The average Bonchev–Trinajstić information content (AvgIpc) is 1.87. The normalized spacial score (nSPS) is 8.67. The summed E-state index contributed by atoms with van der Waals surface area (Å²) in [6.45, 7) is 9.77. The molecule has 1 N–H and O–H groups in total. The van der Waals surface area contributed by atoms with E-state index < -0.39 is 0 Å². The SMILES string of the molecule is C=C(CCC)C(=C)NC. The summed E-state index contributed by atoms with van der Waals surface area (Å²) in [5.74, 6) is 0. The van der Waals surface area contributed by atoms with Gasteiger partial charge in [0.25, 0.3) is 0 Å². The van der Waals surface area contributed by atoms with E-state index in [0.717, 1.165) is 24.1 Å². The van der Waals surface area contributed by atoms with Crippen molar-refractivity contribution >= 4 is 0 Å². The largest absolute Gasteiger partial charge is 0.388 e. The van der Waals surface area contributed by atoms with Gasteiger partial charge in [-0.15, -0.1) is 0 Å². The number of likely N-dealkylation sites (N-methyl/N-ethyl adjacent to an activating group) is 1. The van der Waals surface area contributed by atoms with Gasteiger partial charge in [0.05, 0.1) is 0 Å². The second-order valence-electron chi connectivity index (χ2n) is 2.08. The zero-order chi connectivity index (χ0) is 7.28. The van der Waals surface area contributed by atoms with Crippen molar-refractivity contribution in [3.63, 3.8) is 0 Å². The van der Waals surface area contributed by atoms with Crippen molar-refractivity contribution in [2.75, 3.05) is 7.05 Å². The molecule has 52 valence electrons. The standard InChI is InChI=1S/C8H15N/c1-5-6-7(2)8(3)9-4/h9H,2-3,5-6H2,1,4H3. The maximum absolute atomic E-state index is 3.85. The molecular formula is C8H15N. The van der Waals surface area contributed by atoms with Gasteiger partial charge in [-0.1, -0.05) is 26.5 Å². The molecule has 0 aliphatic heterocycles. The molecule has 0 atom stereocenters. The Hall–Kier alpha value is -0.720. The lowest BCUT2D eigenvalue weighted by molar-refractivity contribution is 0.877. The molecule has 0 saturated carbocycles. The van der Waals surface area contributed by atoms with E-state index >= 15 is 0 Å². The molecule has 9 heavy (non-hydrogen) atoms. The van der Waals surface area contributed by atoms with Gasteiger partial charge in [-0.05, 0) is 12.0 Å². The Bertz CT molecular complexity index is 114. The molecular weight excluding hydrogens is 110 g/mol. The molecule has 1 heteroatoms. The van der Waals surface area contributed by atoms with Crippen molar-refractivity contribution in [2.24, 2.45) is 0 Å². The Balaban J connectivity index is 3.60. The van der Waals surface area contributed by atoms with Crippen molar-refractivity contribution in [2.45, 2.75) is 19.8 Å². The molecule has 1 nitrogen and oxygen atoms in total. The third kappa shape index (κ3) is 2.96. The fourth-order valence-corrected chi connectivity index (χ4v) is 0.629. The maximum Gasteiger partial charge on any atom is 0.0291 e. The fraction of sp³-hybridized carbons (Fsp3) is 0.500. The molecule has 0 heterocycles. The molecule has 0 fully saturated rings. The van der Waals surface area contributed by atoms with Crippen molar-refractivity contribution in [1.82, 2.24) is 5.32 Å². The molecule has 0 rings (SSSR count). The molecule has 0 saturated heterocycles. The predicted octanol–water partition coefficient (Wildman–Crippen LogP) is 2.08. The van der Waals surface area contributed by atoms with Gasteiger partial charge in [-0.25, -0.2) is 0 Å². The molecule has 0 aliphatic rings. The summed E-state index contributed by atoms with van der Waals surface area (Å²) in [5, 5.41) is 2.96. The minimum atomic E-state index is 0.955. The quantitative estimate of drug-likeness (QED) is 0.567. The van der Waals surface area contributed by atoms with Crippen molar-refractivity contribution < 1.29 is 0 Å². The van der Waals surface area contributed by atoms with Crippen LogP contribution in [0.5, 0.6) is 0 Å². The summed E-state index contributed by atoms with van der Waals surface area (Å²) in [6.07, 6.45) is 2.18. The lowest BCUT2D eigenvalue weighted by atomic mass is 10.1. The Morgan fingerprint density at radius 1 is 1.44 bits per heavy atom. The van der Waals surface area contributed by atoms with E-state index in [-0.39, 0.29) is 0 Å². The van der Waals surface area contributed by atoms with E-state index in [1.807, 2.05) is 7.05 Å². The Labute approximate surface area is 57.5 Å². The summed E-state index contributed by atoms with van der Waals surface area (Å²) >= 11 is 0. The summed E-state index contributed by atoms with van der Waals surface area (Å²) in [7, 11) is 1.86. The van der Waals surface area contributed by atoms with E-state index in [0.29, 0.717) is 0 Å². The Kier molecular flexibility index (Phi) is 3.85. The van der Waals surface area contributed by atoms with Gasteiger partial charge in [0.2, 0.25) is 0 Å². The van der Waals surface area contributed by atoms with E-state index in [4.69, 9.17) is 0 Å². The van der Waals surface area contributed by atoms with Crippen LogP contribution in [0.2, 0.25) is 0 Å². The molecule has 0 aromatic heterocycles. The highest BCUT2D eigenvalue weighted by molar-refractivity contribution is 5.22. The first-order valence-corrected chi connectivity index (χ1v) is 3.27. The number of allylic oxidation sites excluding steroid dienone is 1. The lowest BCUT2D eigenvalue weighted by Gasteiger charge is -2.05. The lowest BCUT2D eigenvalue weighted by Crippen LogP contribution is -2.05. The molecule has 0 radical (unpaired) electrons. The van der Waals surface area contributed by atoms with Gasteiger partial charge >= 0.3 is 0 Å². The van der Waals surface area contributed by atoms with E-state index in [1.165, 1.54) is 0 Å². The molecule has 0 amide bonds. The van der Waals surface area contributed by atoms with Crippen molar-refractivity contribution in [3.05, 3.63) is 24.4 Å². The predicted molar refractivity (Wildman–Crippen MR) is 42.2 cm³/mol. The zero-order valence-electron chi connectivity index (χ0n) is 6.33. The zero-order valence-corrected chi connectivity index (χ0v) is 6.33. The number of rotatable bonds is 4. The minimum absolute atomic E-state index is 0.955. The average molecular weight is 125 g/mol. The number of nitrogens with one attached hydrogen (secondary N) is 1. The van der Waals surface area contributed by atoms with Crippen LogP contribution in [-0.2, 0) is 0 Å². The molecule has 0 aliphatic carbocycles. The molecule has 0 aromatic rings. The molecule has 0 unspecified atom stereocenters. The van der Waals surface area contributed by atoms with Crippen LogP contribution in [0.3, 0.4) is 0 Å². The van der Waals surface area contributed by atoms with Gasteiger partial charge in [-0.2, -0.15) is 0 Å². The van der Waals surface area contributed by atoms with Gasteiger partial charge in [0.1, 0.15) is 0 Å². The topological polar surface area (TPSA) is 12.0 Å². The van der Waals surface area contributed by atoms with Gasteiger partial charge in [0.15, 0.2) is 0 Å². The number of hydrogen-bond acceptors (Lipinski definition) is 1. The molecule has 0 bridgehead atoms. The van der Waals surface area contributed by atoms with Crippen molar-refractivity contribution in [3.8, 4) is 0 Å². The number of hydrogen-bond donors (Lipinski definition) is 1. The fourth-order valence-electron chi connectivity index (χ4n) is 0.629. The maximum atomic E-state index is 3.85. The van der Waals surface area contributed by atoms with Crippen LogP contribution in [0.15, 0.2) is 24.4 Å². The Morgan fingerprint density at radius 2 is 2.00 bits per heavy atom. The third-order valence-electron chi connectivity index (χ3n) is 1.28. The highest BCUT2D eigenvalue weighted by Crippen LogP contribution is 2.07. The monoisotopic (exact) mass is 125 g/mol. The molecule has 0 spiro atoms. The van der Waals surface area contributed by atoms with E-state index in [9.17, 15) is 0 Å². The second kappa shape index (κ2) is 4.19. The minimum Gasteiger partial charge on any atom is -0.388 e.